The molecule has 5 rings (SSSR count). The van der Waals surface area contributed by atoms with Crippen molar-refractivity contribution in [3.8, 4) is 5.69 Å². The summed E-state index contributed by atoms with van der Waals surface area (Å²) in [6, 6.07) is 18.6. The molecule has 2 N–H and O–H groups in total. The molecule has 0 spiro atoms. The maximum atomic E-state index is 13.7. The minimum absolute atomic E-state index is 0.00681. The molecule has 1 saturated heterocycles. The van der Waals surface area contributed by atoms with E-state index in [1.54, 1.807) is 0 Å². The van der Waals surface area contributed by atoms with E-state index in [0.717, 1.165) is 27.2 Å². The molecule has 3 amide bonds. The van der Waals surface area contributed by atoms with Crippen molar-refractivity contribution in [3.63, 3.8) is 0 Å². The lowest BCUT2D eigenvalue weighted by Gasteiger charge is -2.11. The Hall–Kier alpha value is -4.72. The first-order valence-electron chi connectivity index (χ1n) is 12.3. The van der Waals surface area contributed by atoms with Gasteiger partial charge in [0.1, 0.15) is 11.5 Å². The monoisotopic (exact) mass is 510 g/mol. The van der Waals surface area contributed by atoms with Crippen LogP contribution in [-0.2, 0) is 17.8 Å². The van der Waals surface area contributed by atoms with E-state index in [1.165, 1.54) is 35.0 Å². The number of nitrogens with zero attached hydrogens (tertiary/aromatic N) is 2. The van der Waals surface area contributed by atoms with E-state index >= 15 is 0 Å². The van der Waals surface area contributed by atoms with Crippen molar-refractivity contribution in [1.82, 2.24) is 20.0 Å². The molecule has 4 aromatic rings. The average molecular weight is 511 g/mol. The van der Waals surface area contributed by atoms with Gasteiger partial charge in [0.05, 0.1) is 17.8 Å². The van der Waals surface area contributed by atoms with E-state index in [-0.39, 0.29) is 17.8 Å². The second-order valence-corrected chi connectivity index (χ2v) is 9.47. The molecule has 0 atom stereocenters. The van der Waals surface area contributed by atoms with Crippen LogP contribution in [0.3, 0.4) is 0 Å². The van der Waals surface area contributed by atoms with Crippen LogP contribution < -0.4 is 10.9 Å². The number of rotatable bonds is 6. The number of nitrogens with one attached hydrogen (secondary N) is 2. The Bertz CT molecular complexity index is 1650. The van der Waals surface area contributed by atoms with Crippen molar-refractivity contribution >= 4 is 18.0 Å². The van der Waals surface area contributed by atoms with Gasteiger partial charge in [0.25, 0.3) is 11.5 Å². The lowest BCUT2D eigenvalue weighted by atomic mass is 10.0. The smallest absolute Gasteiger partial charge is 0.303 e. The number of aryl methyl sites for hydroxylation is 2. The van der Waals surface area contributed by atoms with E-state index < -0.39 is 17.8 Å². The molecule has 8 heteroatoms. The molecule has 0 unspecified atom stereocenters. The summed E-state index contributed by atoms with van der Waals surface area (Å²) in [5.41, 5.74) is 6.01. The van der Waals surface area contributed by atoms with Crippen LogP contribution in [0, 0.1) is 26.6 Å². The number of carbonyl (C=O) groups is 2. The number of hydrogen-bond acceptors (Lipinski definition) is 3. The van der Waals surface area contributed by atoms with Crippen molar-refractivity contribution in [3.05, 3.63) is 128 Å². The van der Waals surface area contributed by atoms with E-state index in [9.17, 15) is 18.8 Å². The van der Waals surface area contributed by atoms with Crippen LogP contribution in [0.1, 0.15) is 39.1 Å². The third-order valence-corrected chi connectivity index (χ3v) is 6.96. The molecule has 0 radical (unpaired) electrons. The normalized spacial score (nSPS) is 14.4. The third kappa shape index (κ3) is 4.68. The number of imide groups is 1. The van der Waals surface area contributed by atoms with Crippen molar-refractivity contribution in [2.75, 3.05) is 0 Å². The van der Waals surface area contributed by atoms with Gasteiger partial charge in [0.15, 0.2) is 0 Å². The number of aromatic nitrogens is 2. The molecule has 0 saturated carbocycles. The van der Waals surface area contributed by atoms with Crippen molar-refractivity contribution in [2.24, 2.45) is 0 Å². The van der Waals surface area contributed by atoms with Crippen molar-refractivity contribution < 1.29 is 14.0 Å². The summed E-state index contributed by atoms with van der Waals surface area (Å²) in [6.07, 6.45) is 1.87. The average Bonchev–Trinajstić information content (AvgIpc) is 3.34. The van der Waals surface area contributed by atoms with Crippen LogP contribution >= 0.6 is 0 Å². The molecule has 0 bridgehead atoms. The number of benzene rings is 3. The summed E-state index contributed by atoms with van der Waals surface area (Å²) in [6.45, 7) is 5.91. The van der Waals surface area contributed by atoms with Crippen LogP contribution in [-0.4, -0.2) is 26.6 Å². The molecule has 1 fully saturated rings. The third-order valence-electron chi connectivity index (χ3n) is 6.96. The van der Waals surface area contributed by atoms with E-state index in [0.29, 0.717) is 28.9 Å². The van der Waals surface area contributed by atoms with Crippen molar-refractivity contribution in [1.29, 1.82) is 0 Å². The molecule has 2 heterocycles. The highest BCUT2D eigenvalue weighted by atomic mass is 19.1. The van der Waals surface area contributed by atoms with Crippen LogP contribution in [0.4, 0.5) is 9.18 Å². The van der Waals surface area contributed by atoms with Gasteiger partial charge in [0, 0.05) is 12.1 Å². The van der Waals surface area contributed by atoms with Crippen molar-refractivity contribution in [2.45, 2.75) is 33.7 Å². The number of halogens is 1. The Balaban J connectivity index is 1.57. The van der Waals surface area contributed by atoms with Crippen LogP contribution in [0.2, 0.25) is 0 Å². The van der Waals surface area contributed by atoms with Gasteiger partial charge < -0.3 is 5.32 Å². The molecule has 1 aliphatic heterocycles. The Kier molecular flexibility index (Phi) is 6.55. The number of amides is 3. The zero-order valence-corrected chi connectivity index (χ0v) is 21.3. The fourth-order valence-electron chi connectivity index (χ4n) is 4.56. The summed E-state index contributed by atoms with van der Waals surface area (Å²) in [4.78, 5) is 40.6. The lowest BCUT2D eigenvalue weighted by Crippen LogP contribution is -2.30. The molecule has 1 aliphatic rings. The molecular formula is C30H27FN4O3. The lowest BCUT2D eigenvalue weighted by molar-refractivity contribution is -0.123. The summed E-state index contributed by atoms with van der Waals surface area (Å²) in [7, 11) is 0. The number of carbonyl (C=O) groups excluding carboxylic acids is 2. The maximum absolute atomic E-state index is 13.7. The highest BCUT2D eigenvalue weighted by molar-refractivity contribution is 6.13. The summed E-state index contributed by atoms with van der Waals surface area (Å²) < 4.78 is 14.8. The molecule has 0 aliphatic carbocycles. The van der Waals surface area contributed by atoms with Crippen LogP contribution in [0.15, 0.2) is 77.2 Å². The SMILES string of the molecule is Cc1ccccc1Cc1[nH]n(-c2cccc(C)c2C)c(=O)c1C=C1NC(=O)N(Cc2ccc(F)cc2)C1=O. The quantitative estimate of drug-likeness (QED) is 0.285. The predicted molar refractivity (Wildman–Crippen MR) is 143 cm³/mol. The van der Waals surface area contributed by atoms with E-state index in [2.05, 4.69) is 10.4 Å². The van der Waals surface area contributed by atoms with E-state index in [1.807, 2.05) is 63.2 Å². The number of aromatic amines is 1. The molecule has 7 nitrogen and oxygen atoms in total. The van der Waals surface area contributed by atoms with Gasteiger partial charge in [-0.05, 0) is 72.9 Å². The predicted octanol–water partition coefficient (Wildman–Crippen LogP) is 4.91. The van der Waals surface area contributed by atoms with Gasteiger partial charge in [-0.15, -0.1) is 0 Å². The highest BCUT2D eigenvalue weighted by Gasteiger charge is 2.34. The van der Waals surface area contributed by atoms with Gasteiger partial charge in [-0.1, -0.05) is 48.5 Å². The second kappa shape index (κ2) is 9.97. The Morgan fingerprint density at radius 1 is 0.868 bits per heavy atom. The zero-order valence-electron chi connectivity index (χ0n) is 21.3. The van der Waals surface area contributed by atoms with Crippen LogP contribution in [0.25, 0.3) is 11.8 Å². The zero-order chi connectivity index (χ0) is 27.0. The molecule has 38 heavy (non-hydrogen) atoms. The first-order valence-corrected chi connectivity index (χ1v) is 12.3. The molecular weight excluding hydrogens is 483 g/mol. The fraction of sp³-hybridized carbons (Fsp3) is 0.167. The standard InChI is InChI=1S/C30H27FN4O3/c1-18-8-6-10-27(20(18)3)35-28(36)24(25(33-35)15-22-9-5-4-7-19(22)2)16-26-29(37)34(30(38)32-26)17-21-11-13-23(31)14-12-21/h4-14,16,33H,15,17H2,1-3H3,(H,32,38). The Morgan fingerprint density at radius 3 is 2.32 bits per heavy atom. The van der Waals surface area contributed by atoms with Gasteiger partial charge in [0.2, 0.25) is 0 Å². The topological polar surface area (TPSA) is 87.2 Å². The number of hydrogen-bond donors (Lipinski definition) is 2. The molecule has 3 aromatic carbocycles. The summed E-state index contributed by atoms with van der Waals surface area (Å²) in [5.74, 6) is -0.958. The van der Waals surface area contributed by atoms with E-state index in [4.69, 9.17) is 0 Å². The van der Waals surface area contributed by atoms with Gasteiger partial charge in [-0.2, -0.15) is 0 Å². The van der Waals surface area contributed by atoms with Crippen LogP contribution in [0.5, 0.6) is 0 Å². The molecule has 1 aromatic heterocycles. The molecule has 192 valence electrons. The van der Waals surface area contributed by atoms with Gasteiger partial charge in [-0.25, -0.2) is 13.9 Å². The highest BCUT2D eigenvalue weighted by Crippen LogP contribution is 2.22. The summed E-state index contributed by atoms with van der Waals surface area (Å²) in [5, 5.41) is 5.85. The largest absolute Gasteiger partial charge is 0.329 e. The Morgan fingerprint density at radius 2 is 1.58 bits per heavy atom. The first kappa shape index (κ1) is 25.0. The Labute approximate surface area is 219 Å². The van der Waals surface area contributed by atoms with Gasteiger partial charge in [-0.3, -0.25) is 19.6 Å². The number of urea groups is 1. The fourth-order valence-corrected chi connectivity index (χ4v) is 4.56. The summed E-state index contributed by atoms with van der Waals surface area (Å²) >= 11 is 0. The maximum Gasteiger partial charge on any atom is 0.329 e. The minimum atomic E-state index is -0.601. The minimum Gasteiger partial charge on any atom is -0.303 e. The second-order valence-electron chi connectivity index (χ2n) is 9.47. The first-order chi connectivity index (χ1) is 18.2. The number of H-pyrrole nitrogens is 1. The van der Waals surface area contributed by atoms with Gasteiger partial charge >= 0.3 is 6.03 Å².